The molecule has 0 spiro atoms. The first-order chi connectivity index (χ1) is 18.5. The van der Waals surface area contributed by atoms with Gasteiger partial charge in [0.2, 0.25) is 0 Å². The fraction of sp³-hybridized carbons (Fsp3) is 0.385. The van der Waals surface area contributed by atoms with Crippen molar-refractivity contribution in [2.45, 2.75) is 25.7 Å². The number of para-hydroxylation sites is 2. The van der Waals surface area contributed by atoms with Crippen LogP contribution in [0.5, 0.6) is 11.5 Å². The Morgan fingerprint density at radius 1 is 0.684 bits per heavy atom. The van der Waals surface area contributed by atoms with Crippen molar-refractivity contribution in [3.63, 3.8) is 0 Å². The highest BCUT2D eigenvalue weighted by Gasteiger charge is 2.12. The van der Waals surface area contributed by atoms with Crippen LogP contribution in [0.2, 0.25) is 0 Å². The zero-order valence-electron chi connectivity index (χ0n) is 21.2. The third-order valence-corrected chi connectivity index (χ3v) is 5.29. The van der Waals surface area contributed by atoms with Crippen molar-refractivity contribution in [1.29, 1.82) is 0 Å². The maximum atomic E-state index is 12.4. The van der Waals surface area contributed by atoms with Crippen LogP contribution in [0.15, 0.2) is 58.7 Å². The molecule has 2 rings (SSSR count). The molecule has 6 N–H and O–H groups in total. The van der Waals surface area contributed by atoms with Crippen molar-refractivity contribution in [2.24, 2.45) is 10.2 Å². The smallest absolute Gasteiger partial charge is 0.337 e. The first kappa shape index (κ1) is 30.1. The molecule has 0 aliphatic rings. The van der Waals surface area contributed by atoms with Crippen LogP contribution < -0.4 is 10.6 Å². The lowest BCUT2D eigenvalue weighted by Crippen LogP contribution is -2.39. The summed E-state index contributed by atoms with van der Waals surface area (Å²) in [5.41, 5.74) is 0.911. The normalized spacial score (nSPS) is 11.1. The van der Waals surface area contributed by atoms with Gasteiger partial charge in [0, 0.05) is 24.2 Å². The van der Waals surface area contributed by atoms with Gasteiger partial charge < -0.3 is 31.1 Å². The molecule has 0 aliphatic carbocycles. The Kier molecular flexibility index (Phi) is 13.7. The summed E-state index contributed by atoms with van der Waals surface area (Å²) in [5.74, 6) is 0.0798. The van der Waals surface area contributed by atoms with E-state index < -0.39 is 12.1 Å². The molecule has 2 aromatic carbocycles. The molecule has 0 heterocycles. The number of carbonyl (C=O) groups is 2. The van der Waals surface area contributed by atoms with Crippen molar-refractivity contribution < 1.29 is 30.0 Å². The minimum Gasteiger partial charge on any atom is -0.507 e. The number of amides is 4. The van der Waals surface area contributed by atoms with Crippen molar-refractivity contribution in [3.05, 3.63) is 59.7 Å². The molecule has 2 aromatic rings. The first-order valence-electron chi connectivity index (χ1n) is 12.4. The molecule has 0 radical (unpaired) electrons. The third-order valence-electron chi connectivity index (χ3n) is 5.29. The van der Waals surface area contributed by atoms with Gasteiger partial charge in [0.1, 0.15) is 11.5 Å². The Bertz CT molecular complexity index is 981. The summed E-state index contributed by atoms with van der Waals surface area (Å²) in [4.78, 5) is 24.7. The van der Waals surface area contributed by atoms with E-state index in [1.54, 1.807) is 36.4 Å². The van der Waals surface area contributed by atoms with Crippen LogP contribution in [0, 0.1) is 0 Å². The molecule has 0 saturated heterocycles. The van der Waals surface area contributed by atoms with Crippen molar-refractivity contribution in [2.75, 3.05) is 39.4 Å². The average Bonchev–Trinajstić information content (AvgIpc) is 2.91. The van der Waals surface area contributed by atoms with Gasteiger partial charge in [-0.25, -0.2) is 19.6 Å². The number of unbranched alkanes of at least 4 members (excludes halogenated alkanes) is 3. The summed E-state index contributed by atoms with van der Waals surface area (Å²) >= 11 is 0. The lowest BCUT2D eigenvalue weighted by molar-refractivity contribution is 0.179. The van der Waals surface area contributed by atoms with Gasteiger partial charge in [-0.1, -0.05) is 37.1 Å². The van der Waals surface area contributed by atoms with E-state index in [9.17, 15) is 30.0 Å². The van der Waals surface area contributed by atoms with Gasteiger partial charge in [0.15, 0.2) is 0 Å². The van der Waals surface area contributed by atoms with Crippen LogP contribution in [0.3, 0.4) is 0 Å². The van der Waals surface area contributed by atoms with Crippen LogP contribution in [0.1, 0.15) is 36.8 Å². The minimum atomic E-state index is -0.452. The van der Waals surface area contributed by atoms with Gasteiger partial charge in [0.25, 0.3) is 0 Å². The lowest BCUT2D eigenvalue weighted by Gasteiger charge is -2.17. The highest BCUT2D eigenvalue weighted by molar-refractivity contribution is 5.85. The number of hydrogen-bond donors (Lipinski definition) is 6. The van der Waals surface area contributed by atoms with Crippen LogP contribution in [-0.4, -0.2) is 94.3 Å². The number of hydrogen-bond acceptors (Lipinski definition) is 8. The Hall–Kier alpha value is -4.16. The highest BCUT2D eigenvalue weighted by Crippen LogP contribution is 2.14. The molecule has 0 atom stereocenters. The number of carbonyl (C=O) groups excluding carboxylic acids is 2. The van der Waals surface area contributed by atoms with Crippen LogP contribution in [0.25, 0.3) is 0 Å². The number of phenols is 2. The Morgan fingerprint density at radius 3 is 1.45 bits per heavy atom. The Labute approximate surface area is 221 Å². The number of urea groups is 2. The van der Waals surface area contributed by atoms with Crippen molar-refractivity contribution in [3.8, 4) is 11.5 Å². The molecule has 0 aliphatic heterocycles. The first-order valence-corrected chi connectivity index (χ1v) is 12.4. The molecule has 0 bridgehead atoms. The maximum absolute atomic E-state index is 12.4. The number of aliphatic hydroxyl groups excluding tert-OH is 2. The monoisotopic (exact) mass is 528 g/mol. The second kappa shape index (κ2) is 17.3. The zero-order chi connectivity index (χ0) is 27.6. The SMILES string of the molecule is O=C(NCCCCCCNC(=O)N(CCO)/N=C/c1ccccc1O)N(CCO)/N=C/c1ccccc1O. The van der Waals surface area contributed by atoms with Gasteiger partial charge in [-0.05, 0) is 37.1 Å². The topological polar surface area (TPSA) is 170 Å². The van der Waals surface area contributed by atoms with E-state index in [-0.39, 0.29) is 37.8 Å². The van der Waals surface area contributed by atoms with Crippen molar-refractivity contribution >= 4 is 24.5 Å². The molecule has 38 heavy (non-hydrogen) atoms. The molecule has 12 heteroatoms. The predicted molar refractivity (Wildman–Crippen MR) is 144 cm³/mol. The van der Waals surface area contributed by atoms with Crippen LogP contribution in [-0.2, 0) is 0 Å². The number of rotatable bonds is 15. The summed E-state index contributed by atoms with van der Waals surface area (Å²) in [7, 11) is 0. The van der Waals surface area contributed by atoms with E-state index in [4.69, 9.17) is 0 Å². The summed E-state index contributed by atoms with van der Waals surface area (Å²) in [6.07, 6.45) is 5.80. The number of nitrogens with one attached hydrogen (secondary N) is 2. The Morgan fingerprint density at radius 2 is 1.08 bits per heavy atom. The molecule has 0 aromatic heterocycles. The van der Waals surface area contributed by atoms with Gasteiger partial charge in [-0.15, -0.1) is 0 Å². The number of nitrogens with zero attached hydrogens (tertiary/aromatic N) is 4. The molecule has 206 valence electrons. The fourth-order valence-electron chi connectivity index (χ4n) is 3.25. The van der Waals surface area contributed by atoms with Gasteiger partial charge in [-0.2, -0.15) is 10.2 Å². The van der Waals surface area contributed by atoms with E-state index in [0.29, 0.717) is 24.2 Å². The fourth-order valence-corrected chi connectivity index (χ4v) is 3.25. The number of aromatic hydroxyl groups is 2. The van der Waals surface area contributed by atoms with Crippen LogP contribution in [0.4, 0.5) is 9.59 Å². The van der Waals surface area contributed by atoms with E-state index in [2.05, 4.69) is 20.8 Å². The molecule has 0 fully saturated rings. The third kappa shape index (κ3) is 10.8. The number of hydrazone groups is 2. The number of benzene rings is 2. The largest absolute Gasteiger partial charge is 0.507 e. The molecule has 0 unspecified atom stereocenters. The standard InChI is InChI=1S/C26H36N6O6/c33-17-15-31(29-19-21-9-3-5-11-23(21)35)25(37)27-13-7-1-2-8-14-28-26(38)32(16-18-34)30-20-22-10-4-6-12-24(22)36/h3-6,9-12,19-20,33-36H,1-2,7-8,13-18H2,(H,27,37)(H,28,38)/b29-19+,30-20+. The molecular formula is C26H36N6O6. The summed E-state index contributed by atoms with van der Waals surface area (Å²) in [6.45, 7) is 0.355. The predicted octanol–water partition coefficient (Wildman–Crippen LogP) is 2.03. The molecule has 12 nitrogen and oxygen atoms in total. The van der Waals surface area contributed by atoms with Crippen LogP contribution >= 0.6 is 0 Å². The minimum absolute atomic E-state index is 0.0134. The van der Waals surface area contributed by atoms with Gasteiger partial charge in [-0.3, -0.25) is 0 Å². The quantitative estimate of drug-likeness (QED) is 0.117. The van der Waals surface area contributed by atoms with E-state index >= 15 is 0 Å². The van der Waals surface area contributed by atoms with Gasteiger partial charge in [0.05, 0.1) is 38.7 Å². The highest BCUT2D eigenvalue weighted by atomic mass is 16.3. The lowest BCUT2D eigenvalue weighted by atomic mass is 10.2. The number of aliphatic hydroxyl groups is 2. The number of phenolic OH excluding ortho intramolecular Hbond substituents is 2. The second-order valence-electron chi connectivity index (χ2n) is 8.18. The van der Waals surface area contributed by atoms with E-state index in [1.807, 2.05) is 0 Å². The molecule has 4 amide bonds. The van der Waals surface area contributed by atoms with Crippen molar-refractivity contribution in [1.82, 2.24) is 20.7 Å². The molecule has 0 saturated carbocycles. The maximum Gasteiger partial charge on any atom is 0.337 e. The van der Waals surface area contributed by atoms with E-state index in [1.165, 1.54) is 24.6 Å². The summed E-state index contributed by atoms with van der Waals surface area (Å²) in [5, 5.41) is 53.9. The average molecular weight is 529 g/mol. The second-order valence-corrected chi connectivity index (χ2v) is 8.18. The van der Waals surface area contributed by atoms with E-state index in [0.717, 1.165) is 35.7 Å². The Balaban J connectivity index is 1.65. The van der Waals surface area contributed by atoms with Gasteiger partial charge >= 0.3 is 12.1 Å². The zero-order valence-corrected chi connectivity index (χ0v) is 21.2. The molecular weight excluding hydrogens is 492 g/mol. The summed E-state index contributed by atoms with van der Waals surface area (Å²) < 4.78 is 0. The summed E-state index contributed by atoms with van der Waals surface area (Å²) in [6, 6.07) is 12.3.